The van der Waals surface area contributed by atoms with Gasteiger partial charge in [0.1, 0.15) is 5.82 Å². The molecule has 3 aromatic rings. The van der Waals surface area contributed by atoms with E-state index in [0.29, 0.717) is 35.5 Å². The Bertz CT molecular complexity index is 1010. The van der Waals surface area contributed by atoms with Gasteiger partial charge in [-0.3, -0.25) is 10.00 Å². The fourth-order valence-corrected chi connectivity index (χ4v) is 3.30. The Kier molecular flexibility index (Phi) is 4.68. The second kappa shape index (κ2) is 7.30. The number of benzene rings is 2. The molecule has 1 aliphatic rings. The van der Waals surface area contributed by atoms with Crippen molar-refractivity contribution in [3.8, 4) is 16.9 Å². The van der Waals surface area contributed by atoms with Crippen molar-refractivity contribution in [2.45, 2.75) is 6.54 Å². The number of hydrogen-bond acceptors (Lipinski definition) is 3. The Labute approximate surface area is 160 Å². The second-order valence-electron chi connectivity index (χ2n) is 6.48. The van der Waals surface area contributed by atoms with Gasteiger partial charge in [-0.2, -0.15) is 5.10 Å². The predicted molar refractivity (Wildman–Crippen MR) is 100 cm³/mol. The van der Waals surface area contributed by atoms with Crippen LogP contribution >= 0.6 is 0 Å². The van der Waals surface area contributed by atoms with Crippen molar-refractivity contribution in [2.24, 2.45) is 0 Å². The number of ether oxygens (including phenoxy) is 1. The van der Waals surface area contributed by atoms with E-state index in [0.717, 1.165) is 0 Å². The lowest BCUT2D eigenvalue weighted by Crippen LogP contribution is -2.31. The minimum Gasteiger partial charge on any atom is -0.494 e. The average Bonchev–Trinajstić information content (AvgIpc) is 3.33. The summed E-state index contributed by atoms with van der Waals surface area (Å²) in [7, 11) is 1.40. The maximum absolute atomic E-state index is 14.5. The van der Waals surface area contributed by atoms with Crippen LogP contribution in [0.25, 0.3) is 11.1 Å². The Morgan fingerprint density at radius 3 is 2.68 bits per heavy atom. The van der Waals surface area contributed by atoms with Crippen LogP contribution in [0.5, 0.6) is 5.75 Å². The summed E-state index contributed by atoms with van der Waals surface area (Å²) in [5.41, 5.74) is 2.20. The van der Waals surface area contributed by atoms with Gasteiger partial charge in [-0.15, -0.1) is 0 Å². The molecule has 2 aromatic carbocycles. The maximum atomic E-state index is 14.5. The number of amides is 2. The summed E-state index contributed by atoms with van der Waals surface area (Å²) in [6, 6.07) is 9.05. The van der Waals surface area contributed by atoms with Crippen LogP contribution in [0.2, 0.25) is 0 Å². The van der Waals surface area contributed by atoms with Crippen molar-refractivity contribution in [2.75, 3.05) is 25.1 Å². The SMILES string of the molecule is COc1ccc(CN2CCN(c3ccc(-c4cn[nH]c4)c(F)c3)C2=O)cc1F. The quantitative estimate of drug-likeness (QED) is 0.728. The van der Waals surface area contributed by atoms with E-state index < -0.39 is 11.6 Å². The second-order valence-corrected chi connectivity index (χ2v) is 6.48. The number of carbonyl (C=O) groups is 1. The minimum absolute atomic E-state index is 0.159. The smallest absolute Gasteiger partial charge is 0.324 e. The highest BCUT2D eigenvalue weighted by Gasteiger charge is 2.30. The average molecular weight is 384 g/mol. The van der Waals surface area contributed by atoms with Crippen LogP contribution in [-0.4, -0.2) is 41.3 Å². The van der Waals surface area contributed by atoms with Crippen molar-refractivity contribution in [1.82, 2.24) is 15.1 Å². The Morgan fingerprint density at radius 1 is 1.14 bits per heavy atom. The number of halogens is 2. The van der Waals surface area contributed by atoms with E-state index >= 15 is 0 Å². The van der Waals surface area contributed by atoms with Crippen molar-refractivity contribution >= 4 is 11.7 Å². The molecule has 144 valence electrons. The van der Waals surface area contributed by atoms with Crippen LogP contribution in [0.4, 0.5) is 19.3 Å². The van der Waals surface area contributed by atoms with Gasteiger partial charge in [0.15, 0.2) is 11.6 Å². The Morgan fingerprint density at radius 2 is 2.00 bits per heavy atom. The summed E-state index contributed by atoms with van der Waals surface area (Å²) in [6.45, 7) is 1.17. The van der Waals surface area contributed by atoms with E-state index in [1.54, 1.807) is 29.3 Å². The summed E-state index contributed by atoms with van der Waals surface area (Å²) in [6.07, 6.45) is 3.14. The number of aromatic amines is 1. The van der Waals surface area contributed by atoms with Gasteiger partial charge in [-0.05, 0) is 35.9 Å². The molecular formula is C20H18F2N4O2. The van der Waals surface area contributed by atoms with Crippen molar-refractivity contribution < 1.29 is 18.3 Å². The van der Waals surface area contributed by atoms with Crippen LogP contribution in [0, 0.1) is 11.6 Å². The molecule has 6 nitrogen and oxygen atoms in total. The molecule has 0 unspecified atom stereocenters. The number of carbonyl (C=O) groups excluding carboxylic acids is 1. The summed E-state index contributed by atoms with van der Waals surface area (Å²) < 4.78 is 33.3. The molecule has 1 saturated heterocycles. The third kappa shape index (κ3) is 3.28. The number of nitrogens with zero attached hydrogens (tertiary/aromatic N) is 3. The monoisotopic (exact) mass is 384 g/mol. The van der Waals surface area contributed by atoms with E-state index in [1.165, 1.54) is 36.4 Å². The Hall–Kier alpha value is -3.42. The number of hydrogen-bond donors (Lipinski definition) is 1. The van der Waals surface area contributed by atoms with Crippen LogP contribution in [0.1, 0.15) is 5.56 Å². The molecule has 1 fully saturated rings. The normalized spacial score (nSPS) is 14.0. The first-order valence-electron chi connectivity index (χ1n) is 8.74. The number of nitrogens with one attached hydrogen (secondary N) is 1. The van der Waals surface area contributed by atoms with Crippen molar-refractivity contribution in [1.29, 1.82) is 0 Å². The molecule has 1 aliphatic heterocycles. The van der Waals surface area contributed by atoms with E-state index in [-0.39, 0.29) is 18.3 Å². The highest BCUT2D eigenvalue weighted by Crippen LogP contribution is 2.28. The highest BCUT2D eigenvalue weighted by atomic mass is 19.1. The molecule has 8 heteroatoms. The molecule has 1 N–H and O–H groups in total. The van der Waals surface area contributed by atoms with Gasteiger partial charge in [0.2, 0.25) is 0 Å². The van der Waals surface area contributed by atoms with Gasteiger partial charge in [0.25, 0.3) is 0 Å². The fourth-order valence-electron chi connectivity index (χ4n) is 3.30. The standard InChI is InChI=1S/C20H18F2N4O2/c1-28-19-5-2-13(8-18(19)22)12-25-6-7-26(20(25)27)15-3-4-16(17(21)9-15)14-10-23-24-11-14/h2-5,8-11H,6-7,12H2,1H3,(H,23,24). The van der Waals surface area contributed by atoms with Gasteiger partial charge >= 0.3 is 6.03 Å². The number of rotatable bonds is 5. The summed E-state index contributed by atoms with van der Waals surface area (Å²) in [5, 5.41) is 6.47. The highest BCUT2D eigenvalue weighted by molar-refractivity contribution is 5.94. The van der Waals surface area contributed by atoms with Crippen LogP contribution in [-0.2, 0) is 6.54 Å². The van der Waals surface area contributed by atoms with Crippen molar-refractivity contribution in [3.05, 3.63) is 66.0 Å². The largest absolute Gasteiger partial charge is 0.494 e. The molecular weight excluding hydrogens is 366 g/mol. The van der Waals surface area contributed by atoms with E-state index in [4.69, 9.17) is 4.74 Å². The topological polar surface area (TPSA) is 61.5 Å². The molecule has 4 rings (SSSR count). The number of methoxy groups -OCH3 is 1. The van der Waals surface area contributed by atoms with E-state index in [9.17, 15) is 13.6 Å². The molecule has 1 aromatic heterocycles. The first-order chi connectivity index (χ1) is 13.6. The number of aromatic nitrogens is 2. The number of H-pyrrole nitrogens is 1. The zero-order valence-corrected chi connectivity index (χ0v) is 15.2. The van der Waals surface area contributed by atoms with Crippen LogP contribution in [0.3, 0.4) is 0 Å². The molecule has 2 amide bonds. The molecule has 2 heterocycles. The molecule has 0 atom stereocenters. The first kappa shape index (κ1) is 18.0. The van der Waals surface area contributed by atoms with Crippen LogP contribution < -0.4 is 9.64 Å². The lowest BCUT2D eigenvalue weighted by molar-refractivity contribution is 0.218. The minimum atomic E-state index is -0.472. The fraction of sp³-hybridized carbons (Fsp3) is 0.200. The van der Waals surface area contributed by atoms with Gasteiger partial charge < -0.3 is 9.64 Å². The lowest BCUT2D eigenvalue weighted by Gasteiger charge is -2.19. The zero-order valence-electron chi connectivity index (χ0n) is 15.2. The first-order valence-corrected chi connectivity index (χ1v) is 8.74. The summed E-state index contributed by atoms with van der Waals surface area (Å²) >= 11 is 0. The molecule has 28 heavy (non-hydrogen) atoms. The molecule has 0 bridgehead atoms. The zero-order chi connectivity index (χ0) is 19.7. The van der Waals surface area contributed by atoms with Gasteiger partial charge in [-0.25, -0.2) is 13.6 Å². The number of anilines is 1. The third-order valence-electron chi connectivity index (χ3n) is 4.76. The van der Waals surface area contributed by atoms with Gasteiger partial charge in [0, 0.05) is 42.6 Å². The summed E-state index contributed by atoms with van der Waals surface area (Å²) in [4.78, 5) is 15.9. The van der Waals surface area contributed by atoms with Gasteiger partial charge in [0.05, 0.1) is 13.3 Å². The molecule has 0 saturated carbocycles. The van der Waals surface area contributed by atoms with Crippen LogP contribution in [0.15, 0.2) is 48.8 Å². The van der Waals surface area contributed by atoms with E-state index in [2.05, 4.69) is 10.2 Å². The molecule has 0 spiro atoms. The number of urea groups is 1. The lowest BCUT2D eigenvalue weighted by atomic mass is 10.1. The van der Waals surface area contributed by atoms with Crippen molar-refractivity contribution in [3.63, 3.8) is 0 Å². The maximum Gasteiger partial charge on any atom is 0.324 e. The molecule has 0 radical (unpaired) electrons. The third-order valence-corrected chi connectivity index (χ3v) is 4.76. The molecule has 0 aliphatic carbocycles. The van der Waals surface area contributed by atoms with E-state index in [1.807, 2.05) is 0 Å². The summed E-state index contributed by atoms with van der Waals surface area (Å²) in [5.74, 6) is -0.742. The Balaban J connectivity index is 1.50. The predicted octanol–water partition coefficient (Wildman–Crippen LogP) is 3.81. The van der Waals surface area contributed by atoms with Gasteiger partial charge in [-0.1, -0.05) is 6.07 Å².